The number of hydrogen-bond acceptors (Lipinski definition) is 8. The minimum Gasteiger partial charge on any atom is -0.480 e. The first-order valence-corrected chi connectivity index (χ1v) is 23.7. The largest absolute Gasteiger partial charge is 0.480 e. The highest BCUT2D eigenvalue weighted by molar-refractivity contribution is 7.47. The van der Waals surface area contributed by atoms with Gasteiger partial charge in [0, 0.05) is 12.8 Å². The van der Waals surface area contributed by atoms with Gasteiger partial charge in [0.25, 0.3) is 0 Å². The number of esters is 1. The van der Waals surface area contributed by atoms with Crippen LogP contribution in [0.2, 0.25) is 0 Å². The molecule has 4 N–H and O–H groups in total. The third kappa shape index (κ3) is 38.9. The first-order valence-electron chi connectivity index (χ1n) is 22.2. The van der Waals surface area contributed by atoms with Gasteiger partial charge in [0.05, 0.1) is 13.2 Å². The van der Waals surface area contributed by atoms with Crippen LogP contribution < -0.4 is 5.32 Å². The van der Waals surface area contributed by atoms with E-state index in [9.17, 15) is 34.1 Å². The maximum atomic E-state index is 12.3. The lowest BCUT2D eigenvalue weighted by Crippen LogP contribution is -2.43. The van der Waals surface area contributed by atoms with Crippen molar-refractivity contribution < 1.29 is 47.8 Å². The van der Waals surface area contributed by atoms with Gasteiger partial charge in [-0.3, -0.25) is 18.6 Å². The Hall–Kier alpha value is -1.78. The number of carboxylic acids is 1. The van der Waals surface area contributed by atoms with Gasteiger partial charge in [-0.1, -0.05) is 174 Å². The van der Waals surface area contributed by atoms with Gasteiger partial charge in [-0.05, 0) is 38.5 Å². The molecule has 0 bridgehead atoms. The number of unbranched alkanes of at least 4 members (excludes halogenated alkanes) is 26. The van der Waals surface area contributed by atoms with Crippen LogP contribution in [-0.4, -0.2) is 64.9 Å². The topological polar surface area (TPSA) is 169 Å². The molecule has 0 rings (SSSR count). The van der Waals surface area contributed by atoms with Crippen LogP contribution in [0.25, 0.3) is 0 Å². The Balaban J connectivity index is 3.87. The maximum Gasteiger partial charge on any atom is 0.472 e. The highest BCUT2D eigenvalue weighted by atomic mass is 31.2. The van der Waals surface area contributed by atoms with E-state index in [1.165, 1.54) is 128 Å². The van der Waals surface area contributed by atoms with Crippen molar-refractivity contribution in [1.29, 1.82) is 0 Å². The van der Waals surface area contributed by atoms with Crippen LogP contribution in [0.3, 0.4) is 0 Å². The molecular formula is C43H82NO10P. The molecule has 1 amide bonds. The molecule has 0 aromatic rings. The van der Waals surface area contributed by atoms with E-state index in [0.717, 1.165) is 44.9 Å². The number of aliphatic hydroxyl groups excluding tert-OH is 1. The van der Waals surface area contributed by atoms with Crippen LogP contribution in [0.4, 0.5) is 0 Å². The highest BCUT2D eigenvalue weighted by Crippen LogP contribution is 2.43. The summed E-state index contributed by atoms with van der Waals surface area (Å²) < 4.78 is 26.8. The van der Waals surface area contributed by atoms with Crippen molar-refractivity contribution >= 4 is 25.7 Å². The number of aliphatic carboxylic acids is 1. The molecule has 12 heteroatoms. The van der Waals surface area contributed by atoms with E-state index in [0.29, 0.717) is 12.8 Å². The van der Waals surface area contributed by atoms with Gasteiger partial charge in [0.1, 0.15) is 12.7 Å². The summed E-state index contributed by atoms with van der Waals surface area (Å²) in [7, 11) is -4.75. The average Bonchev–Trinajstić information content (AvgIpc) is 3.16. The van der Waals surface area contributed by atoms with E-state index < -0.39 is 57.6 Å². The molecule has 0 saturated heterocycles. The molecule has 0 heterocycles. The molecule has 0 aromatic heterocycles. The van der Waals surface area contributed by atoms with E-state index in [1.807, 2.05) is 0 Å². The van der Waals surface area contributed by atoms with Gasteiger partial charge >= 0.3 is 19.8 Å². The van der Waals surface area contributed by atoms with E-state index in [4.69, 9.17) is 13.8 Å². The van der Waals surface area contributed by atoms with E-state index in [1.54, 1.807) is 0 Å². The van der Waals surface area contributed by atoms with Crippen LogP contribution in [0, 0.1) is 0 Å². The van der Waals surface area contributed by atoms with Crippen molar-refractivity contribution in [3.05, 3.63) is 12.2 Å². The van der Waals surface area contributed by atoms with Crippen LogP contribution >= 0.6 is 7.82 Å². The molecule has 55 heavy (non-hydrogen) atoms. The number of carbonyl (C=O) groups is 3. The van der Waals surface area contributed by atoms with Crippen molar-refractivity contribution in [2.45, 2.75) is 225 Å². The summed E-state index contributed by atoms with van der Waals surface area (Å²) in [4.78, 5) is 45.9. The number of aliphatic hydroxyl groups is 1. The highest BCUT2D eigenvalue weighted by Gasteiger charge is 2.28. The molecule has 0 aromatic carbocycles. The Morgan fingerprint density at radius 2 is 0.945 bits per heavy atom. The zero-order chi connectivity index (χ0) is 40.7. The summed E-state index contributed by atoms with van der Waals surface area (Å²) in [5.41, 5.74) is 0. The van der Waals surface area contributed by atoms with Gasteiger partial charge in [0.15, 0.2) is 6.04 Å². The SMILES string of the molecule is CCCCCCCC/C=C\CCCCCCCCCC(=O)OCC(O)COP(=O)(O)OCC(NC(=O)CCCCCCCCCCCCCCCC)C(=O)O. The predicted octanol–water partition coefficient (Wildman–Crippen LogP) is 11.3. The molecular weight excluding hydrogens is 721 g/mol. The predicted molar refractivity (Wildman–Crippen MR) is 222 cm³/mol. The van der Waals surface area contributed by atoms with Gasteiger partial charge in [-0.2, -0.15) is 0 Å². The zero-order valence-corrected chi connectivity index (χ0v) is 35.9. The summed E-state index contributed by atoms with van der Waals surface area (Å²) in [6, 6.07) is -1.54. The lowest BCUT2D eigenvalue weighted by Gasteiger charge is -2.18. The van der Waals surface area contributed by atoms with E-state index in [-0.39, 0.29) is 12.8 Å². The fraction of sp³-hybridized carbons (Fsp3) is 0.884. The number of rotatable bonds is 42. The van der Waals surface area contributed by atoms with E-state index >= 15 is 0 Å². The Morgan fingerprint density at radius 1 is 0.564 bits per heavy atom. The third-order valence-electron chi connectivity index (χ3n) is 9.80. The van der Waals surface area contributed by atoms with Crippen molar-refractivity contribution in [2.75, 3.05) is 19.8 Å². The fourth-order valence-corrected chi connectivity index (χ4v) is 7.08. The van der Waals surface area contributed by atoms with Crippen LogP contribution in [0.5, 0.6) is 0 Å². The summed E-state index contributed by atoms with van der Waals surface area (Å²) >= 11 is 0. The standard InChI is InChI=1S/C43H82NO10P/c1-3-5-7-9-11-13-15-17-19-20-21-23-25-27-29-31-33-35-42(47)52-36-39(45)37-53-55(50,51)54-38-40(43(48)49)44-41(46)34-32-30-28-26-24-22-18-16-14-12-10-8-6-4-2/h17,19,39-40,45H,3-16,18,20-38H2,1-2H3,(H,44,46)(H,48,49)(H,50,51)/b19-17-. The van der Waals surface area contributed by atoms with E-state index in [2.05, 4.69) is 31.3 Å². The number of allylic oxidation sites excluding steroid dienone is 2. The lowest BCUT2D eigenvalue weighted by molar-refractivity contribution is -0.147. The third-order valence-corrected chi connectivity index (χ3v) is 10.8. The monoisotopic (exact) mass is 804 g/mol. The molecule has 0 saturated carbocycles. The minimum atomic E-state index is -4.75. The number of phosphoric acid groups is 1. The second-order valence-electron chi connectivity index (χ2n) is 15.2. The second kappa shape index (κ2) is 39.1. The van der Waals surface area contributed by atoms with Gasteiger partial charge in [0.2, 0.25) is 5.91 Å². The Kier molecular flexibility index (Phi) is 37.8. The molecule has 3 atom stereocenters. The molecule has 324 valence electrons. The Bertz CT molecular complexity index is 995. The Labute approximate surface area is 335 Å². The minimum absolute atomic E-state index is 0.150. The lowest BCUT2D eigenvalue weighted by atomic mass is 10.0. The number of phosphoric ester groups is 1. The van der Waals surface area contributed by atoms with Crippen molar-refractivity contribution in [3.8, 4) is 0 Å². The van der Waals surface area contributed by atoms with Crippen LogP contribution in [0.1, 0.15) is 213 Å². The summed E-state index contributed by atoms with van der Waals surface area (Å²) in [6.07, 6.45) is 38.0. The number of hydrogen-bond donors (Lipinski definition) is 4. The normalized spacial score (nSPS) is 13.8. The Morgan fingerprint density at radius 3 is 1.38 bits per heavy atom. The fourth-order valence-electron chi connectivity index (χ4n) is 6.31. The number of amides is 1. The van der Waals surface area contributed by atoms with Gasteiger partial charge in [-0.25, -0.2) is 9.36 Å². The number of carboxylic acid groups (broad SMARTS) is 1. The average molecular weight is 804 g/mol. The summed E-state index contributed by atoms with van der Waals surface area (Å²) in [6.45, 7) is 2.60. The van der Waals surface area contributed by atoms with Crippen molar-refractivity contribution in [3.63, 3.8) is 0 Å². The number of carbonyl (C=O) groups excluding carboxylic acids is 2. The molecule has 0 aliphatic heterocycles. The molecule has 0 radical (unpaired) electrons. The van der Waals surface area contributed by atoms with Gasteiger partial charge < -0.3 is 25.2 Å². The van der Waals surface area contributed by atoms with Gasteiger partial charge in [-0.15, -0.1) is 0 Å². The first-order chi connectivity index (χ1) is 26.6. The first kappa shape index (κ1) is 53.2. The zero-order valence-electron chi connectivity index (χ0n) is 35.0. The second-order valence-corrected chi connectivity index (χ2v) is 16.7. The summed E-state index contributed by atoms with van der Waals surface area (Å²) in [5, 5.41) is 21.8. The maximum absolute atomic E-state index is 12.3. The molecule has 0 fully saturated rings. The smallest absolute Gasteiger partial charge is 0.472 e. The molecule has 3 unspecified atom stereocenters. The molecule has 0 spiro atoms. The molecule has 0 aliphatic rings. The molecule has 11 nitrogen and oxygen atoms in total. The molecule has 0 aliphatic carbocycles. The van der Waals surface area contributed by atoms with Crippen molar-refractivity contribution in [1.82, 2.24) is 5.32 Å². The van der Waals surface area contributed by atoms with Crippen LogP contribution in [0.15, 0.2) is 12.2 Å². The number of ether oxygens (including phenoxy) is 1. The quantitative estimate of drug-likeness (QED) is 0.0202. The van der Waals surface area contributed by atoms with Crippen molar-refractivity contribution in [2.24, 2.45) is 0 Å². The van der Waals surface area contributed by atoms with Crippen LogP contribution in [-0.2, 0) is 32.7 Å². The summed E-state index contributed by atoms with van der Waals surface area (Å²) in [5.74, 6) is -2.36. The number of nitrogens with one attached hydrogen (secondary N) is 1.